The standard InChI is InChI=1S/C29H32N2O10/c1-8-40-21-11-17(16-30-31-28(32)18-12-22(34-2)26(38-6)23(13-18)35-3)9-10-20(21)41-29(33)19-14-24(36-4)27(39-7)25(15-19)37-5/h9-16H,8H2,1-7H3,(H,31,32)/b30-16+. The normalized spacial score (nSPS) is 10.5. The van der Waals surface area contributed by atoms with E-state index in [0.717, 1.165) is 0 Å². The van der Waals surface area contributed by atoms with Crippen LogP contribution >= 0.6 is 0 Å². The SMILES string of the molecule is CCOc1cc(/C=N/NC(=O)c2cc(OC)c(OC)c(OC)c2)ccc1OC(=O)c1cc(OC)c(OC)c(OC)c1. The Bertz CT molecular complexity index is 1370. The van der Waals surface area contributed by atoms with Crippen LogP contribution in [0, 0.1) is 0 Å². The first-order chi connectivity index (χ1) is 19.8. The molecule has 12 nitrogen and oxygen atoms in total. The van der Waals surface area contributed by atoms with Gasteiger partial charge < -0.3 is 37.9 Å². The summed E-state index contributed by atoms with van der Waals surface area (Å²) in [6.45, 7) is 2.11. The lowest BCUT2D eigenvalue weighted by molar-refractivity contribution is 0.0727. The van der Waals surface area contributed by atoms with Crippen LogP contribution in [0.4, 0.5) is 0 Å². The van der Waals surface area contributed by atoms with Gasteiger partial charge in [-0.2, -0.15) is 5.10 Å². The first-order valence-corrected chi connectivity index (χ1v) is 12.3. The van der Waals surface area contributed by atoms with Crippen molar-refractivity contribution in [1.82, 2.24) is 5.43 Å². The van der Waals surface area contributed by atoms with Crippen LogP contribution in [0.2, 0.25) is 0 Å². The number of esters is 1. The summed E-state index contributed by atoms with van der Waals surface area (Å²) in [5.74, 6) is 1.32. The van der Waals surface area contributed by atoms with Crippen LogP contribution in [0.25, 0.3) is 0 Å². The van der Waals surface area contributed by atoms with Gasteiger partial charge >= 0.3 is 5.97 Å². The van der Waals surface area contributed by atoms with E-state index in [-0.39, 0.29) is 16.9 Å². The lowest BCUT2D eigenvalue weighted by Gasteiger charge is -2.15. The summed E-state index contributed by atoms with van der Waals surface area (Å²) >= 11 is 0. The molecule has 41 heavy (non-hydrogen) atoms. The number of hydrogen-bond donors (Lipinski definition) is 1. The van der Waals surface area contributed by atoms with Crippen molar-refractivity contribution >= 4 is 18.1 Å². The fraction of sp³-hybridized carbons (Fsp3) is 0.276. The molecule has 0 radical (unpaired) electrons. The summed E-state index contributed by atoms with van der Waals surface area (Å²) in [7, 11) is 8.76. The molecule has 3 aromatic rings. The second kappa shape index (κ2) is 14.3. The molecule has 0 spiro atoms. The molecule has 0 fully saturated rings. The molecule has 0 aromatic heterocycles. The molecule has 3 aromatic carbocycles. The molecular formula is C29H32N2O10. The third-order valence-corrected chi connectivity index (χ3v) is 5.68. The first-order valence-electron chi connectivity index (χ1n) is 12.3. The molecule has 0 saturated heterocycles. The van der Waals surface area contributed by atoms with Gasteiger partial charge in [-0.3, -0.25) is 4.79 Å². The maximum atomic E-state index is 13.0. The van der Waals surface area contributed by atoms with Gasteiger partial charge in [0.05, 0.1) is 61.0 Å². The van der Waals surface area contributed by atoms with Crippen molar-refractivity contribution in [3.05, 3.63) is 59.2 Å². The van der Waals surface area contributed by atoms with Crippen molar-refractivity contribution in [3.63, 3.8) is 0 Å². The fourth-order valence-electron chi connectivity index (χ4n) is 3.76. The van der Waals surface area contributed by atoms with Crippen molar-refractivity contribution in [2.45, 2.75) is 6.92 Å². The predicted molar refractivity (Wildman–Crippen MR) is 150 cm³/mol. The Morgan fingerprint density at radius 3 is 1.66 bits per heavy atom. The van der Waals surface area contributed by atoms with Gasteiger partial charge in [0.25, 0.3) is 5.91 Å². The van der Waals surface area contributed by atoms with E-state index >= 15 is 0 Å². The van der Waals surface area contributed by atoms with E-state index in [0.29, 0.717) is 52.4 Å². The van der Waals surface area contributed by atoms with E-state index in [2.05, 4.69) is 10.5 Å². The summed E-state index contributed by atoms with van der Waals surface area (Å²) in [6.07, 6.45) is 1.42. The minimum Gasteiger partial charge on any atom is -0.493 e. The van der Waals surface area contributed by atoms with E-state index in [1.54, 1.807) is 25.1 Å². The van der Waals surface area contributed by atoms with E-state index in [1.807, 2.05) is 0 Å². The van der Waals surface area contributed by atoms with Crippen LogP contribution in [-0.4, -0.2) is 67.4 Å². The Balaban J connectivity index is 1.79. The number of methoxy groups -OCH3 is 6. The molecule has 3 rings (SSSR count). The zero-order chi connectivity index (χ0) is 29.9. The van der Waals surface area contributed by atoms with Crippen molar-refractivity contribution in [3.8, 4) is 46.0 Å². The summed E-state index contributed by atoms with van der Waals surface area (Å²) in [5, 5.41) is 4.03. The second-order valence-corrected chi connectivity index (χ2v) is 8.06. The van der Waals surface area contributed by atoms with Gasteiger partial charge in [0.1, 0.15) is 0 Å². The van der Waals surface area contributed by atoms with E-state index < -0.39 is 11.9 Å². The third kappa shape index (κ3) is 7.10. The highest BCUT2D eigenvalue weighted by atomic mass is 16.6. The molecule has 1 amide bonds. The number of hydrazone groups is 1. The molecule has 0 aliphatic rings. The third-order valence-electron chi connectivity index (χ3n) is 5.68. The number of carbonyl (C=O) groups excluding carboxylic acids is 2. The number of amides is 1. The van der Waals surface area contributed by atoms with Crippen molar-refractivity contribution < 1.29 is 47.5 Å². The minimum atomic E-state index is -0.663. The van der Waals surface area contributed by atoms with Crippen molar-refractivity contribution in [2.24, 2.45) is 5.10 Å². The molecule has 0 aliphatic heterocycles. The highest BCUT2D eigenvalue weighted by Crippen LogP contribution is 2.39. The fourth-order valence-corrected chi connectivity index (χ4v) is 3.76. The largest absolute Gasteiger partial charge is 0.493 e. The topological polar surface area (TPSA) is 132 Å². The highest BCUT2D eigenvalue weighted by Gasteiger charge is 2.20. The van der Waals surface area contributed by atoms with E-state index in [4.69, 9.17) is 37.9 Å². The number of nitrogens with one attached hydrogen (secondary N) is 1. The van der Waals surface area contributed by atoms with Gasteiger partial charge in [-0.05, 0) is 55.0 Å². The van der Waals surface area contributed by atoms with E-state index in [9.17, 15) is 9.59 Å². The van der Waals surface area contributed by atoms with Crippen LogP contribution in [-0.2, 0) is 0 Å². The Hall–Kier alpha value is -5.13. The zero-order valence-corrected chi connectivity index (χ0v) is 23.9. The minimum absolute atomic E-state index is 0.182. The lowest BCUT2D eigenvalue weighted by Crippen LogP contribution is -2.18. The molecule has 0 saturated carbocycles. The van der Waals surface area contributed by atoms with Crippen LogP contribution in [0.5, 0.6) is 46.0 Å². The van der Waals surface area contributed by atoms with Crippen molar-refractivity contribution in [1.29, 1.82) is 0 Å². The number of ether oxygens (including phenoxy) is 8. The number of nitrogens with zero attached hydrogens (tertiary/aromatic N) is 1. The van der Waals surface area contributed by atoms with Crippen LogP contribution in [0.1, 0.15) is 33.2 Å². The average molecular weight is 569 g/mol. The monoisotopic (exact) mass is 568 g/mol. The Morgan fingerprint density at radius 2 is 1.20 bits per heavy atom. The quantitative estimate of drug-likeness (QED) is 0.139. The van der Waals surface area contributed by atoms with Gasteiger partial charge in [0.2, 0.25) is 11.5 Å². The average Bonchev–Trinajstić information content (AvgIpc) is 3.00. The Labute approximate surface area is 237 Å². The zero-order valence-electron chi connectivity index (χ0n) is 23.9. The number of carbonyl (C=O) groups is 2. The van der Waals surface area contributed by atoms with Gasteiger partial charge in [-0.1, -0.05) is 0 Å². The van der Waals surface area contributed by atoms with Gasteiger partial charge in [-0.25, -0.2) is 10.2 Å². The Kier molecular flexibility index (Phi) is 10.6. The molecule has 0 bridgehead atoms. The molecular weight excluding hydrogens is 536 g/mol. The maximum absolute atomic E-state index is 13.0. The summed E-state index contributed by atoms with van der Waals surface area (Å²) < 4.78 is 43.1. The molecule has 12 heteroatoms. The van der Waals surface area contributed by atoms with Crippen LogP contribution < -0.4 is 43.3 Å². The molecule has 218 valence electrons. The van der Waals surface area contributed by atoms with Gasteiger partial charge in [-0.15, -0.1) is 0 Å². The second-order valence-electron chi connectivity index (χ2n) is 8.06. The molecule has 0 heterocycles. The maximum Gasteiger partial charge on any atom is 0.343 e. The first kappa shape index (κ1) is 30.4. The molecule has 0 unspecified atom stereocenters. The summed E-state index contributed by atoms with van der Waals surface area (Å²) in [4.78, 5) is 25.7. The Morgan fingerprint density at radius 1 is 0.683 bits per heavy atom. The number of rotatable bonds is 13. The lowest BCUT2D eigenvalue weighted by atomic mass is 10.1. The predicted octanol–water partition coefficient (Wildman–Crippen LogP) is 4.12. The molecule has 0 atom stereocenters. The smallest absolute Gasteiger partial charge is 0.343 e. The number of benzene rings is 3. The molecule has 1 N–H and O–H groups in total. The van der Waals surface area contributed by atoms with Crippen LogP contribution in [0.3, 0.4) is 0 Å². The van der Waals surface area contributed by atoms with Crippen molar-refractivity contribution in [2.75, 3.05) is 49.3 Å². The summed E-state index contributed by atoms with van der Waals surface area (Å²) in [5.41, 5.74) is 3.47. The molecule has 0 aliphatic carbocycles. The summed E-state index contributed by atoms with van der Waals surface area (Å²) in [6, 6.07) is 10.8. The van der Waals surface area contributed by atoms with Gasteiger partial charge in [0.15, 0.2) is 34.5 Å². The highest BCUT2D eigenvalue weighted by molar-refractivity contribution is 5.96. The number of hydrogen-bond acceptors (Lipinski definition) is 11. The van der Waals surface area contributed by atoms with Gasteiger partial charge in [0, 0.05) is 5.56 Å². The van der Waals surface area contributed by atoms with Crippen LogP contribution in [0.15, 0.2) is 47.6 Å². The van der Waals surface area contributed by atoms with E-state index in [1.165, 1.54) is 73.1 Å².